The molecule has 138 valence electrons. The predicted molar refractivity (Wildman–Crippen MR) is 102 cm³/mol. The van der Waals surface area contributed by atoms with E-state index in [9.17, 15) is 9.59 Å². The Kier molecular flexibility index (Phi) is 7.03. The molecule has 7 heteroatoms. The third kappa shape index (κ3) is 4.98. The van der Waals surface area contributed by atoms with Crippen molar-refractivity contribution in [2.24, 2.45) is 0 Å². The molecular weight excluding hydrogens is 400 g/mol. The average molecular weight is 421 g/mol. The Morgan fingerprint density at radius 2 is 1.85 bits per heavy atom. The second kappa shape index (κ2) is 9.24. The number of nitrogens with one attached hydrogen (secondary N) is 2. The number of aryl methyl sites for hydroxylation is 1. The number of carbonyl (C=O) groups excluding carboxylic acids is 2. The van der Waals surface area contributed by atoms with Crippen molar-refractivity contribution in [1.82, 2.24) is 10.9 Å². The molecule has 0 aliphatic rings. The van der Waals surface area contributed by atoms with E-state index in [0.29, 0.717) is 28.0 Å². The molecule has 1 atom stereocenters. The molecule has 0 bridgehead atoms. The van der Waals surface area contributed by atoms with E-state index in [0.717, 1.165) is 5.56 Å². The fourth-order valence-corrected chi connectivity index (χ4v) is 2.78. The molecule has 0 fully saturated rings. The topological polar surface area (TPSA) is 76.7 Å². The van der Waals surface area contributed by atoms with Gasteiger partial charge in [0.25, 0.3) is 11.8 Å². The number of benzene rings is 2. The van der Waals surface area contributed by atoms with Crippen molar-refractivity contribution in [2.75, 3.05) is 7.11 Å². The maximum Gasteiger partial charge on any atom is 0.279 e. The van der Waals surface area contributed by atoms with Crippen LogP contribution in [0.15, 0.2) is 46.9 Å². The highest BCUT2D eigenvalue weighted by Gasteiger charge is 2.20. The summed E-state index contributed by atoms with van der Waals surface area (Å²) < 4.78 is 11.5. The highest BCUT2D eigenvalue weighted by Crippen LogP contribution is 2.25. The first-order valence-electron chi connectivity index (χ1n) is 8.12. The molecule has 0 aliphatic heterocycles. The molecule has 0 saturated carbocycles. The fraction of sp³-hybridized carbons (Fsp3) is 0.263. The van der Waals surface area contributed by atoms with Gasteiger partial charge in [0.2, 0.25) is 0 Å². The zero-order valence-corrected chi connectivity index (χ0v) is 16.4. The number of halogens is 1. The Morgan fingerprint density at radius 3 is 2.46 bits per heavy atom. The Labute approximate surface area is 161 Å². The Hall–Kier alpha value is -2.54. The van der Waals surface area contributed by atoms with Crippen LogP contribution in [0.2, 0.25) is 0 Å². The van der Waals surface area contributed by atoms with Gasteiger partial charge in [-0.3, -0.25) is 20.4 Å². The van der Waals surface area contributed by atoms with Gasteiger partial charge in [0.05, 0.1) is 11.6 Å². The molecule has 2 N–H and O–H groups in total. The predicted octanol–water partition coefficient (Wildman–Crippen LogP) is 3.38. The zero-order chi connectivity index (χ0) is 19.1. The van der Waals surface area contributed by atoms with E-state index in [1.54, 1.807) is 31.4 Å². The monoisotopic (exact) mass is 420 g/mol. The van der Waals surface area contributed by atoms with E-state index >= 15 is 0 Å². The molecule has 2 rings (SSSR count). The van der Waals surface area contributed by atoms with Gasteiger partial charge in [-0.25, -0.2) is 0 Å². The summed E-state index contributed by atoms with van der Waals surface area (Å²) in [4.78, 5) is 24.5. The third-order valence-corrected chi connectivity index (χ3v) is 4.36. The number of methoxy groups -OCH3 is 1. The molecule has 2 aromatic carbocycles. The number of ether oxygens (including phenoxy) is 2. The van der Waals surface area contributed by atoms with E-state index in [-0.39, 0.29) is 0 Å². The van der Waals surface area contributed by atoms with Gasteiger partial charge in [-0.05, 0) is 59.1 Å². The minimum absolute atomic E-state index is 0.380. The molecule has 0 aromatic heterocycles. The maximum absolute atomic E-state index is 12.3. The van der Waals surface area contributed by atoms with Crippen LogP contribution in [-0.4, -0.2) is 25.0 Å². The normalized spacial score (nSPS) is 11.4. The Bertz CT molecular complexity index is 795. The van der Waals surface area contributed by atoms with Crippen molar-refractivity contribution in [2.45, 2.75) is 26.4 Å². The Balaban J connectivity index is 1.96. The van der Waals surface area contributed by atoms with Gasteiger partial charge >= 0.3 is 0 Å². The van der Waals surface area contributed by atoms with Gasteiger partial charge in [0.15, 0.2) is 6.10 Å². The molecule has 6 nitrogen and oxygen atoms in total. The zero-order valence-electron chi connectivity index (χ0n) is 14.8. The van der Waals surface area contributed by atoms with Crippen LogP contribution in [0.1, 0.15) is 29.3 Å². The van der Waals surface area contributed by atoms with E-state index < -0.39 is 17.9 Å². The summed E-state index contributed by atoms with van der Waals surface area (Å²) in [6.07, 6.45) is -0.247. The van der Waals surface area contributed by atoms with E-state index in [1.807, 2.05) is 32.0 Å². The van der Waals surface area contributed by atoms with Crippen LogP contribution in [0.25, 0.3) is 0 Å². The van der Waals surface area contributed by atoms with Crippen molar-refractivity contribution >= 4 is 27.7 Å². The fourth-order valence-electron chi connectivity index (χ4n) is 2.24. The lowest BCUT2D eigenvalue weighted by Gasteiger charge is -2.18. The summed E-state index contributed by atoms with van der Waals surface area (Å²) in [7, 11) is 1.54. The van der Waals surface area contributed by atoms with Crippen LogP contribution in [0.3, 0.4) is 0 Å². The van der Waals surface area contributed by atoms with Crippen LogP contribution in [0.5, 0.6) is 11.5 Å². The average Bonchev–Trinajstić information content (AvgIpc) is 2.65. The van der Waals surface area contributed by atoms with Gasteiger partial charge in [-0.1, -0.05) is 25.1 Å². The van der Waals surface area contributed by atoms with Crippen molar-refractivity contribution < 1.29 is 19.1 Å². The van der Waals surface area contributed by atoms with Crippen molar-refractivity contribution in [3.63, 3.8) is 0 Å². The molecule has 0 heterocycles. The summed E-state index contributed by atoms with van der Waals surface area (Å²) in [5.74, 6) is 0.396. The lowest BCUT2D eigenvalue weighted by molar-refractivity contribution is -0.128. The van der Waals surface area contributed by atoms with Gasteiger partial charge in [0, 0.05) is 5.56 Å². The molecule has 0 radical (unpaired) electrons. The number of hydrazine groups is 1. The number of rotatable bonds is 6. The van der Waals surface area contributed by atoms with Crippen molar-refractivity contribution in [3.05, 3.63) is 58.1 Å². The SMILES string of the molecule is CCC(Oc1ccccc1C)C(=O)NNC(=O)c1ccc(OC)c(Br)c1. The molecule has 0 spiro atoms. The van der Waals surface area contributed by atoms with E-state index in [2.05, 4.69) is 26.8 Å². The van der Waals surface area contributed by atoms with Crippen LogP contribution >= 0.6 is 15.9 Å². The first-order valence-corrected chi connectivity index (χ1v) is 8.91. The van der Waals surface area contributed by atoms with Crippen molar-refractivity contribution in [1.29, 1.82) is 0 Å². The molecular formula is C19H21BrN2O4. The molecule has 26 heavy (non-hydrogen) atoms. The highest BCUT2D eigenvalue weighted by molar-refractivity contribution is 9.10. The second-order valence-electron chi connectivity index (χ2n) is 5.57. The van der Waals surface area contributed by atoms with Gasteiger partial charge in [-0.2, -0.15) is 0 Å². The third-order valence-electron chi connectivity index (χ3n) is 3.74. The minimum atomic E-state index is -0.709. The van der Waals surface area contributed by atoms with Crippen LogP contribution in [0.4, 0.5) is 0 Å². The van der Waals surface area contributed by atoms with Gasteiger partial charge in [-0.15, -0.1) is 0 Å². The highest BCUT2D eigenvalue weighted by atomic mass is 79.9. The first-order chi connectivity index (χ1) is 12.5. The summed E-state index contributed by atoms with van der Waals surface area (Å²) in [5.41, 5.74) is 6.12. The molecule has 1 unspecified atom stereocenters. The van der Waals surface area contributed by atoms with E-state index in [4.69, 9.17) is 9.47 Å². The second-order valence-corrected chi connectivity index (χ2v) is 6.43. The summed E-state index contributed by atoms with van der Waals surface area (Å²) in [5, 5.41) is 0. The summed E-state index contributed by atoms with van der Waals surface area (Å²) in [6.45, 7) is 3.74. The lowest BCUT2D eigenvalue weighted by atomic mass is 10.2. The molecule has 0 aliphatic carbocycles. The Morgan fingerprint density at radius 1 is 1.12 bits per heavy atom. The number of para-hydroxylation sites is 1. The largest absolute Gasteiger partial charge is 0.496 e. The molecule has 2 aromatic rings. The summed E-state index contributed by atoms with van der Waals surface area (Å²) >= 11 is 3.32. The maximum atomic E-state index is 12.3. The molecule has 0 saturated heterocycles. The number of carbonyl (C=O) groups is 2. The van der Waals surface area contributed by atoms with Crippen LogP contribution in [-0.2, 0) is 4.79 Å². The number of hydrogen-bond acceptors (Lipinski definition) is 4. The quantitative estimate of drug-likeness (QED) is 0.702. The van der Waals surface area contributed by atoms with E-state index in [1.165, 1.54) is 0 Å². The van der Waals surface area contributed by atoms with Gasteiger partial charge in [0.1, 0.15) is 11.5 Å². The number of amides is 2. The van der Waals surface area contributed by atoms with Crippen LogP contribution in [0, 0.1) is 6.92 Å². The van der Waals surface area contributed by atoms with Crippen LogP contribution < -0.4 is 20.3 Å². The number of hydrogen-bond donors (Lipinski definition) is 2. The standard InChI is InChI=1S/C19H21BrN2O4/c1-4-15(26-16-8-6-5-7-12(16)2)19(24)22-21-18(23)13-9-10-17(25-3)14(20)11-13/h5-11,15H,4H2,1-3H3,(H,21,23)(H,22,24). The minimum Gasteiger partial charge on any atom is -0.496 e. The lowest BCUT2D eigenvalue weighted by Crippen LogP contribution is -2.48. The van der Waals surface area contributed by atoms with Crippen molar-refractivity contribution in [3.8, 4) is 11.5 Å². The first kappa shape index (κ1) is 19.8. The molecule has 2 amide bonds. The smallest absolute Gasteiger partial charge is 0.279 e. The van der Waals surface area contributed by atoms with Gasteiger partial charge < -0.3 is 9.47 Å². The summed E-state index contributed by atoms with van der Waals surface area (Å²) in [6, 6.07) is 12.3.